The fraction of sp³-hybridized carbons (Fsp3) is 0.174. The summed E-state index contributed by atoms with van der Waals surface area (Å²) in [5, 5.41) is 10.6. The van der Waals surface area contributed by atoms with Crippen LogP contribution >= 0.6 is 12.6 Å². The molecule has 47 heavy (non-hydrogen) atoms. The van der Waals surface area contributed by atoms with Crippen LogP contribution in [-0.2, 0) is 10.8 Å². The van der Waals surface area contributed by atoms with E-state index >= 15 is 0 Å². The van der Waals surface area contributed by atoms with Crippen LogP contribution < -0.4 is 0 Å². The molecule has 0 amide bonds. The van der Waals surface area contributed by atoms with Crippen molar-refractivity contribution in [2.45, 2.75) is 45.4 Å². The molecule has 230 valence electrons. The Morgan fingerprint density at radius 2 is 0.979 bits per heavy atom. The van der Waals surface area contributed by atoms with E-state index in [4.69, 9.17) is 0 Å². The molecule has 0 spiro atoms. The summed E-state index contributed by atoms with van der Waals surface area (Å²) in [5.41, 5.74) is 12.2. The topological polar surface area (TPSA) is 0 Å². The molecule has 9 rings (SSSR count). The van der Waals surface area contributed by atoms with Crippen molar-refractivity contribution in [1.82, 2.24) is 0 Å². The van der Waals surface area contributed by atoms with E-state index in [1.165, 1.54) is 93.2 Å². The molecule has 8 aromatic rings. The lowest BCUT2D eigenvalue weighted by Gasteiger charge is -2.22. The highest BCUT2D eigenvalue weighted by Crippen LogP contribution is 2.49. The van der Waals surface area contributed by atoms with Gasteiger partial charge in [-0.2, -0.15) is 12.6 Å². The number of hydrogen-bond donors (Lipinski definition) is 1. The van der Waals surface area contributed by atoms with E-state index in [9.17, 15) is 0 Å². The highest BCUT2D eigenvalue weighted by atomic mass is 32.1. The van der Waals surface area contributed by atoms with Crippen molar-refractivity contribution < 1.29 is 0 Å². The summed E-state index contributed by atoms with van der Waals surface area (Å²) in [6, 6.07) is 48.5. The third kappa shape index (κ3) is 4.59. The molecule has 0 N–H and O–H groups in total. The van der Waals surface area contributed by atoms with Crippen molar-refractivity contribution in [3.05, 3.63) is 144 Å². The van der Waals surface area contributed by atoms with Crippen LogP contribution in [0.3, 0.4) is 0 Å². The van der Waals surface area contributed by atoms with Crippen LogP contribution in [0.25, 0.3) is 76.5 Å². The van der Waals surface area contributed by atoms with Crippen LogP contribution in [0.4, 0.5) is 0 Å². The molecule has 0 bridgehead atoms. The zero-order chi connectivity index (χ0) is 32.7. The van der Waals surface area contributed by atoms with Gasteiger partial charge in [0.15, 0.2) is 0 Å². The van der Waals surface area contributed by atoms with E-state index in [0.717, 1.165) is 0 Å². The van der Waals surface area contributed by atoms with Crippen LogP contribution in [0.15, 0.2) is 127 Å². The first-order valence-corrected chi connectivity index (χ1v) is 17.5. The Bertz CT molecular complexity index is 2470. The van der Waals surface area contributed by atoms with Crippen molar-refractivity contribution in [3.8, 4) is 33.4 Å². The second-order valence-electron chi connectivity index (χ2n) is 14.6. The molecule has 0 saturated carbocycles. The molecule has 0 heterocycles. The molecule has 0 aliphatic heterocycles. The van der Waals surface area contributed by atoms with E-state index in [0.29, 0.717) is 0 Å². The van der Waals surface area contributed by atoms with Gasteiger partial charge in [0, 0.05) is 5.41 Å². The third-order valence-corrected chi connectivity index (χ3v) is 10.5. The van der Waals surface area contributed by atoms with E-state index in [-0.39, 0.29) is 10.8 Å². The molecule has 0 fully saturated rings. The number of thiol groups is 1. The quantitative estimate of drug-likeness (QED) is 0.144. The standard InChI is InChI=1S/C45H36.CH4S/c1-44(2,3)35-24-33-15-10-27-16-19-36(39-21-18-34(25-35)42(33)43(27)39)32-14-13-28-22-29(11-12-30(28)23-32)31-17-20-38-37-8-6-7-9-40(37)45(4,5)41(38)26-31;1-2/h6-26H,1-5H3;2H,1H3. The van der Waals surface area contributed by atoms with Gasteiger partial charge in [0.05, 0.1) is 0 Å². The van der Waals surface area contributed by atoms with Gasteiger partial charge in [0.25, 0.3) is 0 Å². The number of hydrogen-bond acceptors (Lipinski definition) is 1. The van der Waals surface area contributed by atoms with Gasteiger partial charge in [-0.15, -0.1) is 0 Å². The maximum Gasteiger partial charge on any atom is 0.0159 e. The normalized spacial score (nSPS) is 13.6. The summed E-state index contributed by atoms with van der Waals surface area (Å²) >= 11 is 3.53. The van der Waals surface area contributed by atoms with Crippen LogP contribution in [-0.4, -0.2) is 6.26 Å². The van der Waals surface area contributed by atoms with Crippen LogP contribution in [0, 0.1) is 0 Å². The largest absolute Gasteiger partial charge is 0.183 e. The Balaban J connectivity index is 0.00000159. The van der Waals surface area contributed by atoms with Crippen LogP contribution in [0.5, 0.6) is 0 Å². The second-order valence-corrected chi connectivity index (χ2v) is 14.6. The summed E-state index contributed by atoms with van der Waals surface area (Å²) in [7, 11) is 0. The summed E-state index contributed by atoms with van der Waals surface area (Å²) in [5.74, 6) is 0. The van der Waals surface area contributed by atoms with Crippen LogP contribution in [0.1, 0.15) is 51.3 Å². The lowest BCUT2D eigenvalue weighted by Crippen LogP contribution is -2.14. The molecular formula is C46H40S. The lowest BCUT2D eigenvalue weighted by molar-refractivity contribution is 0.591. The highest BCUT2D eigenvalue weighted by molar-refractivity contribution is 7.79. The summed E-state index contributed by atoms with van der Waals surface area (Å²) in [6.07, 6.45) is 1.69. The van der Waals surface area contributed by atoms with Gasteiger partial charge in [0.1, 0.15) is 0 Å². The molecule has 0 unspecified atom stereocenters. The van der Waals surface area contributed by atoms with Gasteiger partial charge in [-0.1, -0.05) is 144 Å². The fourth-order valence-electron chi connectivity index (χ4n) is 7.98. The van der Waals surface area contributed by atoms with Gasteiger partial charge in [-0.3, -0.25) is 0 Å². The van der Waals surface area contributed by atoms with Crippen molar-refractivity contribution >= 4 is 55.7 Å². The molecule has 0 aromatic heterocycles. The predicted molar refractivity (Wildman–Crippen MR) is 210 cm³/mol. The SMILES string of the molecule is CC(C)(C)c1cc2ccc3ccc(-c4ccc5cc(-c6ccc7c(c6)C(C)(C)c6ccccc6-7)ccc5c4)c4ccc(c1)c2c34.CS. The Morgan fingerprint density at radius 3 is 1.72 bits per heavy atom. The lowest BCUT2D eigenvalue weighted by atomic mass is 9.81. The minimum atomic E-state index is 0.00322. The fourth-order valence-corrected chi connectivity index (χ4v) is 7.98. The van der Waals surface area contributed by atoms with Crippen molar-refractivity contribution in [2.75, 3.05) is 6.26 Å². The minimum absolute atomic E-state index is 0.00322. The maximum absolute atomic E-state index is 3.53. The first kappa shape index (κ1) is 29.8. The number of rotatable bonds is 2. The predicted octanol–water partition coefficient (Wildman–Crippen LogP) is 13.2. The highest BCUT2D eigenvalue weighted by Gasteiger charge is 2.35. The van der Waals surface area contributed by atoms with Gasteiger partial charge in [-0.05, 0) is 123 Å². The molecular weight excluding hydrogens is 585 g/mol. The Hall–Kier alpha value is -4.59. The second kappa shape index (κ2) is 10.7. The van der Waals surface area contributed by atoms with E-state index < -0.39 is 0 Å². The third-order valence-electron chi connectivity index (χ3n) is 10.5. The first-order chi connectivity index (χ1) is 22.7. The molecule has 1 aliphatic rings. The van der Waals surface area contributed by atoms with E-state index in [1.54, 1.807) is 6.26 Å². The van der Waals surface area contributed by atoms with Crippen molar-refractivity contribution in [3.63, 3.8) is 0 Å². The van der Waals surface area contributed by atoms with Gasteiger partial charge < -0.3 is 0 Å². The molecule has 0 radical (unpaired) electrons. The summed E-state index contributed by atoms with van der Waals surface area (Å²) < 4.78 is 0. The molecule has 0 saturated heterocycles. The molecule has 1 heteroatoms. The van der Waals surface area contributed by atoms with Gasteiger partial charge >= 0.3 is 0 Å². The zero-order valence-corrected chi connectivity index (χ0v) is 29.0. The molecule has 0 atom stereocenters. The average molecular weight is 625 g/mol. The van der Waals surface area contributed by atoms with Gasteiger partial charge in [0.2, 0.25) is 0 Å². The number of fused-ring (bicyclic) bond motifs is 4. The Labute approximate surface area is 283 Å². The number of benzene rings is 8. The average Bonchev–Trinajstić information content (AvgIpc) is 3.32. The van der Waals surface area contributed by atoms with Crippen molar-refractivity contribution in [1.29, 1.82) is 0 Å². The maximum atomic E-state index is 3.53. The van der Waals surface area contributed by atoms with Gasteiger partial charge in [-0.25, -0.2) is 0 Å². The Kier molecular flexibility index (Phi) is 6.80. The van der Waals surface area contributed by atoms with Crippen LogP contribution in [0.2, 0.25) is 0 Å². The summed E-state index contributed by atoms with van der Waals surface area (Å²) in [4.78, 5) is 0. The molecule has 0 nitrogen and oxygen atoms in total. The smallest absolute Gasteiger partial charge is 0.0159 e. The van der Waals surface area contributed by atoms with E-state index in [1.807, 2.05) is 0 Å². The summed E-state index contributed by atoms with van der Waals surface area (Å²) in [6.45, 7) is 11.6. The molecule has 1 aliphatic carbocycles. The first-order valence-electron chi connectivity index (χ1n) is 16.6. The molecule has 8 aromatic carbocycles. The van der Waals surface area contributed by atoms with Crippen molar-refractivity contribution in [2.24, 2.45) is 0 Å². The Morgan fingerprint density at radius 1 is 0.447 bits per heavy atom. The monoisotopic (exact) mass is 624 g/mol. The zero-order valence-electron chi connectivity index (χ0n) is 28.1. The van der Waals surface area contributed by atoms with E-state index in [2.05, 4.69) is 175 Å². The minimum Gasteiger partial charge on any atom is -0.183 e.